The summed E-state index contributed by atoms with van der Waals surface area (Å²) in [5.74, 6) is -0.582. The molecule has 0 aliphatic carbocycles. The molecule has 2 amide bonds. The number of hydrogen-bond donors (Lipinski definition) is 4. The first-order valence-electron chi connectivity index (χ1n) is 9.34. The van der Waals surface area contributed by atoms with E-state index in [1.54, 1.807) is 6.92 Å². The van der Waals surface area contributed by atoms with E-state index < -0.39 is 5.91 Å². The molecule has 0 bridgehead atoms. The lowest BCUT2D eigenvalue weighted by Crippen LogP contribution is -2.21. The van der Waals surface area contributed by atoms with Gasteiger partial charge in [0, 0.05) is 28.3 Å². The molecule has 3 aromatic carbocycles. The van der Waals surface area contributed by atoms with E-state index in [1.807, 2.05) is 54.6 Å². The maximum absolute atomic E-state index is 12.2. The molecule has 0 aliphatic rings. The maximum atomic E-state index is 12.2. The summed E-state index contributed by atoms with van der Waals surface area (Å²) in [5.41, 5.74) is 5.78. The molecular weight excluding hydrogens is 380 g/mol. The molecule has 0 saturated carbocycles. The number of para-hydroxylation sites is 1. The van der Waals surface area contributed by atoms with Crippen molar-refractivity contribution in [2.75, 3.05) is 10.6 Å². The van der Waals surface area contributed by atoms with E-state index in [4.69, 9.17) is 0 Å². The van der Waals surface area contributed by atoms with Crippen LogP contribution in [0.25, 0.3) is 0 Å². The normalized spacial score (nSPS) is 10.9. The number of amides is 2. The molecule has 7 nitrogen and oxygen atoms in total. The van der Waals surface area contributed by atoms with Crippen LogP contribution in [-0.4, -0.2) is 22.6 Å². The SMILES string of the molecule is CC(CC(=O)Nc1ccc(Nc2ccccc2)cc1)=NNC(=O)c1ccc(O)cc1. The van der Waals surface area contributed by atoms with Crippen LogP contribution in [0.3, 0.4) is 0 Å². The molecule has 152 valence electrons. The number of nitrogens with zero attached hydrogens (tertiary/aromatic N) is 1. The first-order valence-corrected chi connectivity index (χ1v) is 9.34. The lowest BCUT2D eigenvalue weighted by Gasteiger charge is -2.09. The molecule has 7 heteroatoms. The number of carbonyl (C=O) groups excluding carboxylic acids is 2. The molecule has 0 saturated heterocycles. The monoisotopic (exact) mass is 402 g/mol. The molecule has 0 fully saturated rings. The van der Waals surface area contributed by atoms with Crippen LogP contribution in [0.15, 0.2) is 84.0 Å². The molecule has 0 atom stereocenters. The average molecular weight is 402 g/mol. The summed E-state index contributed by atoms with van der Waals surface area (Å²) < 4.78 is 0. The number of rotatable bonds is 7. The molecule has 0 unspecified atom stereocenters. The third kappa shape index (κ3) is 6.20. The highest BCUT2D eigenvalue weighted by molar-refractivity contribution is 6.06. The summed E-state index contributed by atoms with van der Waals surface area (Å²) in [6.07, 6.45) is 0.0415. The van der Waals surface area contributed by atoms with Gasteiger partial charge < -0.3 is 15.7 Å². The fraction of sp³-hybridized carbons (Fsp3) is 0.0870. The Bertz CT molecular complexity index is 1030. The smallest absolute Gasteiger partial charge is 0.271 e. The van der Waals surface area contributed by atoms with Crippen molar-refractivity contribution >= 4 is 34.6 Å². The average Bonchev–Trinajstić information content (AvgIpc) is 2.74. The quantitative estimate of drug-likeness (QED) is 0.350. The molecular formula is C23H22N4O3. The van der Waals surface area contributed by atoms with E-state index in [1.165, 1.54) is 24.3 Å². The first-order chi connectivity index (χ1) is 14.5. The van der Waals surface area contributed by atoms with Gasteiger partial charge in [0.25, 0.3) is 5.91 Å². The molecule has 0 aliphatic heterocycles. The summed E-state index contributed by atoms with van der Waals surface area (Å²) >= 11 is 0. The zero-order valence-corrected chi connectivity index (χ0v) is 16.4. The topological polar surface area (TPSA) is 103 Å². The van der Waals surface area contributed by atoms with Gasteiger partial charge in [-0.05, 0) is 67.6 Å². The second-order valence-electron chi connectivity index (χ2n) is 6.63. The zero-order valence-electron chi connectivity index (χ0n) is 16.4. The number of anilines is 3. The maximum Gasteiger partial charge on any atom is 0.271 e. The Kier molecular flexibility index (Phi) is 6.78. The predicted octanol–water partition coefficient (Wildman–Crippen LogP) is 4.27. The molecule has 0 radical (unpaired) electrons. The highest BCUT2D eigenvalue weighted by atomic mass is 16.3. The van der Waals surface area contributed by atoms with E-state index in [-0.39, 0.29) is 18.1 Å². The fourth-order valence-electron chi connectivity index (χ4n) is 2.63. The van der Waals surface area contributed by atoms with E-state index in [2.05, 4.69) is 21.2 Å². The van der Waals surface area contributed by atoms with Crippen LogP contribution < -0.4 is 16.1 Å². The first kappa shape index (κ1) is 20.6. The molecule has 0 spiro atoms. The van der Waals surface area contributed by atoms with Gasteiger partial charge in [-0.15, -0.1) is 0 Å². The molecule has 0 aromatic heterocycles. The number of phenols is 1. The Morgan fingerprint density at radius 1 is 0.833 bits per heavy atom. The van der Waals surface area contributed by atoms with Crippen LogP contribution >= 0.6 is 0 Å². The van der Waals surface area contributed by atoms with E-state index in [9.17, 15) is 14.7 Å². The highest BCUT2D eigenvalue weighted by Gasteiger charge is 2.07. The third-order valence-electron chi connectivity index (χ3n) is 4.13. The summed E-state index contributed by atoms with van der Waals surface area (Å²) in [6, 6.07) is 23.0. The summed E-state index contributed by atoms with van der Waals surface area (Å²) in [5, 5.41) is 19.3. The Labute approximate surface area is 174 Å². The van der Waals surface area contributed by atoms with Crippen molar-refractivity contribution in [2.24, 2.45) is 5.10 Å². The van der Waals surface area contributed by atoms with Gasteiger partial charge in [-0.25, -0.2) is 5.43 Å². The summed E-state index contributed by atoms with van der Waals surface area (Å²) in [7, 11) is 0. The molecule has 0 heterocycles. The Hall–Kier alpha value is -4.13. The minimum Gasteiger partial charge on any atom is -0.508 e. The predicted molar refractivity (Wildman–Crippen MR) is 118 cm³/mol. The van der Waals surface area contributed by atoms with Crippen LogP contribution in [0.2, 0.25) is 0 Å². The Morgan fingerprint density at radius 2 is 1.43 bits per heavy atom. The lowest BCUT2D eigenvalue weighted by molar-refractivity contribution is -0.115. The van der Waals surface area contributed by atoms with Crippen LogP contribution in [0.1, 0.15) is 23.7 Å². The number of hydrogen-bond acceptors (Lipinski definition) is 5. The van der Waals surface area contributed by atoms with Gasteiger partial charge in [-0.2, -0.15) is 5.10 Å². The van der Waals surface area contributed by atoms with Crippen LogP contribution in [0.4, 0.5) is 17.1 Å². The van der Waals surface area contributed by atoms with Crippen molar-refractivity contribution in [1.29, 1.82) is 0 Å². The Balaban J connectivity index is 1.48. The fourth-order valence-corrected chi connectivity index (χ4v) is 2.63. The van der Waals surface area contributed by atoms with Crippen molar-refractivity contribution in [1.82, 2.24) is 5.43 Å². The van der Waals surface area contributed by atoms with E-state index >= 15 is 0 Å². The Morgan fingerprint density at radius 3 is 2.10 bits per heavy atom. The minimum atomic E-state index is -0.420. The summed E-state index contributed by atoms with van der Waals surface area (Å²) in [6.45, 7) is 1.66. The van der Waals surface area contributed by atoms with Crippen LogP contribution in [0, 0.1) is 0 Å². The van der Waals surface area contributed by atoms with E-state index in [0.717, 1.165) is 11.4 Å². The number of nitrogens with one attached hydrogen (secondary N) is 3. The summed E-state index contributed by atoms with van der Waals surface area (Å²) in [4.78, 5) is 24.2. The van der Waals surface area contributed by atoms with Crippen molar-refractivity contribution < 1.29 is 14.7 Å². The van der Waals surface area contributed by atoms with Crippen LogP contribution in [-0.2, 0) is 4.79 Å². The van der Waals surface area contributed by atoms with E-state index in [0.29, 0.717) is 17.0 Å². The minimum absolute atomic E-state index is 0.0415. The van der Waals surface area contributed by atoms with Gasteiger partial charge in [0.2, 0.25) is 5.91 Å². The number of phenolic OH excluding ortho intramolecular Hbond substituents is 1. The van der Waals surface area contributed by atoms with Crippen molar-refractivity contribution in [3.8, 4) is 5.75 Å². The lowest BCUT2D eigenvalue weighted by atomic mass is 10.2. The molecule has 4 N–H and O–H groups in total. The molecule has 3 aromatic rings. The van der Waals surface area contributed by atoms with Gasteiger partial charge in [-0.3, -0.25) is 9.59 Å². The van der Waals surface area contributed by atoms with Crippen molar-refractivity contribution in [3.63, 3.8) is 0 Å². The van der Waals surface area contributed by atoms with Gasteiger partial charge in [0.15, 0.2) is 0 Å². The largest absolute Gasteiger partial charge is 0.508 e. The molecule has 3 rings (SSSR count). The molecule has 30 heavy (non-hydrogen) atoms. The second-order valence-corrected chi connectivity index (χ2v) is 6.63. The van der Waals surface area contributed by atoms with Crippen LogP contribution in [0.5, 0.6) is 5.75 Å². The standard InChI is InChI=1S/C23H22N4O3/c1-16(26-27-23(30)17-7-13-21(28)14-8-17)15-22(29)25-20-11-9-19(10-12-20)24-18-5-3-2-4-6-18/h2-14,24,28H,15H2,1H3,(H,25,29)(H,27,30). The van der Waals surface area contributed by atoms with Crippen molar-refractivity contribution in [2.45, 2.75) is 13.3 Å². The highest BCUT2D eigenvalue weighted by Crippen LogP contribution is 2.18. The van der Waals surface area contributed by atoms with Gasteiger partial charge >= 0.3 is 0 Å². The van der Waals surface area contributed by atoms with Crippen molar-refractivity contribution in [3.05, 3.63) is 84.4 Å². The van der Waals surface area contributed by atoms with Gasteiger partial charge in [-0.1, -0.05) is 18.2 Å². The van der Waals surface area contributed by atoms with Gasteiger partial charge in [0.1, 0.15) is 5.75 Å². The van der Waals surface area contributed by atoms with Gasteiger partial charge in [0.05, 0.1) is 6.42 Å². The second kappa shape index (κ2) is 9.88. The number of aromatic hydroxyl groups is 1. The number of carbonyl (C=O) groups is 2. The number of hydrazone groups is 1. The zero-order chi connectivity index (χ0) is 21.3. The third-order valence-corrected chi connectivity index (χ3v) is 4.13. The number of benzene rings is 3.